The molecule has 0 radical (unpaired) electrons. The van der Waals surface area contributed by atoms with Crippen LogP contribution in [0.1, 0.15) is 34.9 Å². The van der Waals surface area contributed by atoms with Gasteiger partial charge in [0.25, 0.3) is 0 Å². The molecule has 2 heterocycles. The highest BCUT2D eigenvalue weighted by Gasteiger charge is 2.34. The van der Waals surface area contributed by atoms with E-state index >= 15 is 0 Å². The minimum atomic E-state index is -1.11. The standard InChI is InChI=1S/C11H11N5O3S/c17-7(13-11-12-3-4-20-11)5-16-9(6-1-2-6)8(10(18)19)14-15-16/h3-4,6H,1-2,5H2,(H,18,19)(H,12,13,17). The van der Waals surface area contributed by atoms with Crippen LogP contribution in [0.2, 0.25) is 0 Å². The van der Waals surface area contributed by atoms with Crippen molar-refractivity contribution in [3.8, 4) is 0 Å². The molecule has 1 aliphatic rings. The zero-order valence-corrected chi connectivity index (χ0v) is 11.1. The van der Waals surface area contributed by atoms with Crippen molar-refractivity contribution < 1.29 is 14.7 Å². The Balaban J connectivity index is 1.77. The zero-order valence-electron chi connectivity index (χ0n) is 10.3. The average molecular weight is 293 g/mol. The van der Waals surface area contributed by atoms with Crippen LogP contribution in [-0.2, 0) is 11.3 Å². The van der Waals surface area contributed by atoms with Crippen LogP contribution in [0.25, 0.3) is 0 Å². The van der Waals surface area contributed by atoms with Crippen LogP contribution in [0.5, 0.6) is 0 Å². The molecule has 0 atom stereocenters. The minimum Gasteiger partial charge on any atom is -0.476 e. The summed E-state index contributed by atoms with van der Waals surface area (Å²) < 4.78 is 1.37. The van der Waals surface area contributed by atoms with E-state index in [0.717, 1.165) is 12.8 Å². The number of carboxylic acid groups (broad SMARTS) is 1. The molecule has 9 heteroatoms. The molecule has 1 amide bonds. The van der Waals surface area contributed by atoms with Crippen LogP contribution >= 0.6 is 11.3 Å². The van der Waals surface area contributed by atoms with Gasteiger partial charge in [-0.05, 0) is 12.8 Å². The Morgan fingerprint density at radius 2 is 2.30 bits per heavy atom. The van der Waals surface area contributed by atoms with Crippen LogP contribution < -0.4 is 5.32 Å². The lowest BCUT2D eigenvalue weighted by atomic mass is 10.2. The molecule has 0 saturated heterocycles. The van der Waals surface area contributed by atoms with Crippen molar-refractivity contribution in [2.75, 3.05) is 5.32 Å². The number of hydrogen-bond donors (Lipinski definition) is 2. The summed E-state index contributed by atoms with van der Waals surface area (Å²) in [6.07, 6.45) is 3.40. The number of nitrogens with zero attached hydrogens (tertiary/aromatic N) is 4. The minimum absolute atomic E-state index is 0.0606. The fraction of sp³-hybridized carbons (Fsp3) is 0.364. The lowest BCUT2D eigenvalue weighted by Crippen LogP contribution is -2.21. The van der Waals surface area contributed by atoms with E-state index in [1.54, 1.807) is 11.6 Å². The van der Waals surface area contributed by atoms with E-state index in [4.69, 9.17) is 5.11 Å². The predicted molar refractivity (Wildman–Crippen MR) is 69.7 cm³/mol. The van der Waals surface area contributed by atoms with Gasteiger partial charge in [-0.1, -0.05) is 5.21 Å². The third-order valence-electron chi connectivity index (χ3n) is 2.91. The van der Waals surface area contributed by atoms with E-state index in [1.807, 2.05) is 0 Å². The van der Waals surface area contributed by atoms with Gasteiger partial charge >= 0.3 is 5.97 Å². The van der Waals surface area contributed by atoms with Crippen LogP contribution in [0, 0.1) is 0 Å². The summed E-state index contributed by atoms with van der Waals surface area (Å²) in [5.74, 6) is -1.27. The first-order valence-corrected chi connectivity index (χ1v) is 6.89. The largest absolute Gasteiger partial charge is 0.476 e. The fourth-order valence-corrected chi connectivity index (χ4v) is 2.48. The molecule has 1 saturated carbocycles. The van der Waals surface area contributed by atoms with Gasteiger partial charge in [-0.2, -0.15) is 0 Å². The maximum atomic E-state index is 11.9. The molecule has 1 fully saturated rings. The van der Waals surface area contributed by atoms with E-state index in [2.05, 4.69) is 20.6 Å². The molecule has 0 bridgehead atoms. The number of hydrogen-bond acceptors (Lipinski definition) is 6. The molecule has 2 aromatic heterocycles. The van der Waals surface area contributed by atoms with Crippen molar-refractivity contribution in [1.82, 2.24) is 20.0 Å². The van der Waals surface area contributed by atoms with Gasteiger partial charge in [-0.25, -0.2) is 14.5 Å². The van der Waals surface area contributed by atoms with Crippen LogP contribution in [0.15, 0.2) is 11.6 Å². The molecule has 2 N–H and O–H groups in total. The second kappa shape index (κ2) is 5.00. The molecular formula is C11H11N5O3S. The van der Waals surface area contributed by atoms with Gasteiger partial charge in [0.1, 0.15) is 6.54 Å². The van der Waals surface area contributed by atoms with Crippen molar-refractivity contribution in [2.45, 2.75) is 25.3 Å². The lowest BCUT2D eigenvalue weighted by Gasteiger charge is -2.05. The second-order valence-electron chi connectivity index (χ2n) is 4.45. The van der Waals surface area contributed by atoms with Crippen molar-refractivity contribution in [2.24, 2.45) is 0 Å². The maximum absolute atomic E-state index is 11.9. The van der Waals surface area contributed by atoms with Crippen LogP contribution in [0.3, 0.4) is 0 Å². The Labute approximate surface area is 117 Å². The second-order valence-corrected chi connectivity index (χ2v) is 5.34. The quantitative estimate of drug-likeness (QED) is 0.849. The predicted octanol–water partition coefficient (Wildman–Crippen LogP) is 0.949. The smallest absolute Gasteiger partial charge is 0.358 e. The van der Waals surface area contributed by atoms with Gasteiger partial charge in [0.2, 0.25) is 5.91 Å². The van der Waals surface area contributed by atoms with E-state index in [-0.39, 0.29) is 24.1 Å². The zero-order chi connectivity index (χ0) is 14.1. The summed E-state index contributed by atoms with van der Waals surface area (Å²) >= 11 is 1.31. The summed E-state index contributed by atoms with van der Waals surface area (Å²) in [7, 11) is 0. The van der Waals surface area contributed by atoms with Crippen molar-refractivity contribution in [3.63, 3.8) is 0 Å². The number of carboxylic acids is 1. The molecule has 8 nitrogen and oxygen atoms in total. The molecule has 2 aromatic rings. The van der Waals surface area contributed by atoms with E-state index < -0.39 is 5.97 Å². The van der Waals surface area contributed by atoms with Crippen molar-refractivity contribution in [3.05, 3.63) is 23.0 Å². The van der Waals surface area contributed by atoms with Gasteiger partial charge in [0.05, 0.1) is 5.69 Å². The maximum Gasteiger partial charge on any atom is 0.358 e. The SMILES string of the molecule is O=C(Cn1nnc(C(=O)O)c1C1CC1)Nc1nccs1. The highest BCUT2D eigenvalue weighted by molar-refractivity contribution is 7.13. The molecule has 104 valence electrons. The van der Waals surface area contributed by atoms with Crippen LogP contribution in [-0.4, -0.2) is 37.0 Å². The third-order valence-corrected chi connectivity index (χ3v) is 3.60. The van der Waals surface area contributed by atoms with E-state index in [0.29, 0.717) is 10.8 Å². The van der Waals surface area contributed by atoms with E-state index in [9.17, 15) is 9.59 Å². The number of carbonyl (C=O) groups excluding carboxylic acids is 1. The van der Waals surface area contributed by atoms with Crippen molar-refractivity contribution >= 4 is 28.3 Å². The molecular weight excluding hydrogens is 282 g/mol. The number of amides is 1. The molecule has 1 aliphatic carbocycles. The highest BCUT2D eigenvalue weighted by Crippen LogP contribution is 2.41. The van der Waals surface area contributed by atoms with Gasteiger partial charge in [-0.15, -0.1) is 16.4 Å². The molecule has 0 aliphatic heterocycles. The Morgan fingerprint density at radius 3 is 2.90 bits per heavy atom. The number of aromatic carboxylic acids is 1. The molecule has 3 rings (SSSR count). The number of aromatic nitrogens is 4. The number of anilines is 1. The van der Waals surface area contributed by atoms with Crippen molar-refractivity contribution in [1.29, 1.82) is 0 Å². The summed E-state index contributed by atoms with van der Waals surface area (Å²) in [5.41, 5.74) is 0.473. The monoisotopic (exact) mass is 293 g/mol. The Hall–Kier alpha value is -2.29. The first kappa shape index (κ1) is 12.7. The number of carbonyl (C=O) groups is 2. The van der Waals surface area contributed by atoms with Gasteiger partial charge in [-0.3, -0.25) is 4.79 Å². The van der Waals surface area contributed by atoms with E-state index in [1.165, 1.54) is 16.0 Å². The first-order valence-electron chi connectivity index (χ1n) is 6.01. The summed E-state index contributed by atoms with van der Waals surface area (Å²) in [6, 6.07) is 0. The van der Waals surface area contributed by atoms with Gasteiger partial charge in [0.15, 0.2) is 10.8 Å². The van der Waals surface area contributed by atoms with Crippen LogP contribution in [0.4, 0.5) is 5.13 Å². The number of nitrogens with one attached hydrogen (secondary N) is 1. The highest BCUT2D eigenvalue weighted by atomic mass is 32.1. The Morgan fingerprint density at radius 1 is 1.50 bits per heavy atom. The molecule has 0 spiro atoms. The molecule has 0 aromatic carbocycles. The van der Waals surface area contributed by atoms with Gasteiger partial charge < -0.3 is 10.4 Å². The summed E-state index contributed by atoms with van der Waals surface area (Å²) in [4.78, 5) is 26.9. The average Bonchev–Trinajstić information content (AvgIpc) is 2.94. The number of rotatable bonds is 5. The molecule has 20 heavy (non-hydrogen) atoms. The van der Waals surface area contributed by atoms with Gasteiger partial charge in [0, 0.05) is 17.5 Å². The number of thiazole rings is 1. The normalized spacial score (nSPS) is 14.2. The molecule has 0 unspecified atom stereocenters. The Bertz CT molecular complexity index is 647. The topological polar surface area (TPSA) is 110 Å². The summed E-state index contributed by atoms with van der Waals surface area (Å²) in [6.45, 7) is -0.0638. The Kier molecular flexibility index (Phi) is 3.18. The first-order chi connectivity index (χ1) is 9.65. The third kappa shape index (κ3) is 2.52. The summed E-state index contributed by atoms with van der Waals surface area (Å²) in [5, 5.41) is 21.4. The lowest BCUT2D eigenvalue weighted by molar-refractivity contribution is -0.117. The fourth-order valence-electron chi connectivity index (χ4n) is 1.93.